The van der Waals surface area contributed by atoms with Gasteiger partial charge in [-0.25, -0.2) is 4.57 Å². The summed E-state index contributed by atoms with van der Waals surface area (Å²) in [6.45, 7) is 0. The van der Waals surface area contributed by atoms with Gasteiger partial charge in [0.2, 0.25) is 5.91 Å². The Balaban J connectivity index is 1.94. The number of rotatable bonds is 7. The van der Waals surface area contributed by atoms with Gasteiger partial charge in [-0.2, -0.15) is 0 Å². The van der Waals surface area contributed by atoms with Crippen LogP contribution in [0.2, 0.25) is 0 Å². The Morgan fingerprint density at radius 3 is 1.63 bits per heavy atom. The van der Waals surface area contributed by atoms with Gasteiger partial charge in [0.05, 0.1) is 0 Å². The maximum Gasteiger partial charge on any atom is 0.451 e. The molecule has 0 saturated heterocycles. The second-order valence-electron chi connectivity index (χ2n) is 5.78. The molecule has 0 aliphatic rings. The lowest BCUT2D eigenvalue weighted by Crippen LogP contribution is -2.18. The van der Waals surface area contributed by atoms with Gasteiger partial charge in [-0.15, -0.1) is 0 Å². The van der Waals surface area contributed by atoms with E-state index in [9.17, 15) is 9.36 Å². The molecule has 0 heterocycles. The molecule has 0 bridgehead atoms. The van der Waals surface area contributed by atoms with Crippen LogP contribution >= 0.6 is 7.60 Å². The van der Waals surface area contributed by atoms with E-state index in [1.165, 1.54) is 12.1 Å². The number of primary amides is 1. The molecular formula is C20H19N2O4P. The van der Waals surface area contributed by atoms with Gasteiger partial charge in [0.1, 0.15) is 11.5 Å². The minimum Gasteiger partial charge on any atom is -0.415 e. The number of hydrogen-bond donors (Lipinski definition) is 2. The molecule has 3 rings (SSSR count). The molecule has 0 fully saturated rings. The van der Waals surface area contributed by atoms with Crippen LogP contribution in [0.5, 0.6) is 11.5 Å². The highest BCUT2D eigenvalue weighted by atomic mass is 31.2. The van der Waals surface area contributed by atoms with E-state index in [4.69, 9.17) is 20.5 Å². The molecule has 3 aromatic carbocycles. The summed E-state index contributed by atoms with van der Waals surface area (Å²) in [6.07, 6.45) is 0. The van der Waals surface area contributed by atoms with Crippen molar-refractivity contribution >= 4 is 13.5 Å². The normalized spacial score (nSPS) is 12.2. The fourth-order valence-electron chi connectivity index (χ4n) is 2.42. The molecule has 0 aliphatic heterocycles. The zero-order valence-electron chi connectivity index (χ0n) is 14.4. The van der Waals surface area contributed by atoms with E-state index in [0.29, 0.717) is 22.6 Å². The van der Waals surface area contributed by atoms with E-state index in [0.717, 1.165) is 0 Å². The van der Waals surface area contributed by atoms with Crippen molar-refractivity contribution in [3.63, 3.8) is 0 Å². The summed E-state index contributed by atoms with van der Waals surface area (Å²) in [5, 5.41) is 0. The zero-order chi connectivity index (χ0) is 19.3. The van der Waals surface area contributed by atoms with Gasteiger partial charge in [0, 0.05) is 5.56 Å². The number of hydrogen-bond acceptors (Lipinski definition) is 5. The van der Waals surface area contributed by atoms with E-state index in [1.807, 2.05) is 12.1 Å². The molecule has 3 aromatic rings. The molecule has 1 atom stereocenters. The maximum absolute atomic E-state index is 13.6. The molecule has 0 saturated carbocycles. The first kappa shape index (κ1) is 18.7. The summed E-state index contributed by atoms with van der Waals surface area (Å²) in [6, 6.07) is 23.6. The zero-order valence-corrected chi connectivity index (χ0v) is 15.3. The van der Waals surface area contributed by atoms with Crippen LogP contribution in [0.15, 0.2) is 84.9 Å². The highest BCUT2D eigenvalue weighted by molar-refractivity contribution is 7.55. The molecule has 0 aromatic heterocycles. The maximum atomic E-state index is 13.6. The van der Waals surface area contributed by atoms with Crippen molar-refractivity contribution in [2.45, 2.75) is 5.78 Å². The molecule has 4 N–H and O–H groups in total. The first-order valence-electron chi connectivity index (χ1n) is 8.22. The third-order valence-corrected chi connectivity index (χ3v) is 5.74. The molecule has 6 nitrogen and oxygen atoms in total. The summed E-state index contributed by atoms with van der Waals surface area (Å²) < 4.78 is 25.0. The van der Waals surface area contributed by atoms with E-state index in [-0.39, 0.29) is 0 Å². The van der Waals surface area contributed by atoms with Crippen molar-refractivity contribution in [1.82, 2.24) is 0 Å². The van der Waals surface area contributed by atoms with Crippen LogP contribution in [0.1, 0.15) is 21.7 Å². The van der Waals surface area contributed by atoms with Crippen LogP contribution in [0.3, 0.4) is 0 Å². The molecular weight excluding hydrogens is 363 g/mol. The monoisotopic (exact) mass is 382 g/mol. The molecule has 0 aliphatic carbocycles. The molecule has 0 radical (unpaired) electrons. The van der Waals surface area contributed by atoms with Crippen molar-refractivity contribution in [1.29, 1.82) is 0 Å². The standard InChI is InChI=1S/C20H19N2O4P/c21-19(23)15-11-13-16(14-12-15)20(22)27(24,25-17-7-3-1-4-8-17)26-18-9-5-2-6-10-18/h1-14,20H,22H2,(H2,21,23). The quantitative estimate of drug-likeness (QED) is 0.599. The van der Waals surface area contributed by atoms with Crippen molar-refractivity contribution in [2.75, 3.05) is 0 Å². The molecule has 7 heteroatoms. The van der Waals surface area contributed by atoms with Gasteiger partial charge in [-0.3, -0.25) is 4.79 Å². The molecule has 138 valence electrons. The van der Waals surface area contributed by atoms with Gasteiger partial charge >= 0.3 is 7.60 Å². The van der Waals surface area contributed by atoms with Gasteiger partial charge in [0.25, 0.3) is 0 Å². The van der Waals surface area contributed by atoms with E-state index in [1.54, 1.807) is 60.7 Å². The first-order chi connectivity index (χ1) is 13.0. The average Bonchev–Trinajstić information content (AvgIpc) is 2.69. The van der Waals surface area contributed by atoms with Gasteiger partial charge in [-0.1, -0.05) is 48.5 Å². The predicted octanol–water partition coefficient (Wildman–Crippen LogP) is 4.09. The lowest BCUT2D eigenvalue weighted by molar-refractivity contribution is 0.100. The third kappa shape index (κ3) is 4.56. The highest BCUT2D eigenvalue weighted by Gasteiger charge is 2.38. The second kappa shape index (κ2) is 8.08. The largest absolute Gasteiger partial charge is 0.451 e. The Kier molecular flexibility index (Phi) is 5.60. The summed E-state index contributed by atoms with van der Waals surface area (Å²) >= 11 is 0. The van der Waals surface area contributed by atoms with E-state index >= 15 is 0 Å². The van der Waals surface area contributed by atoms with Crippen molar-refractivity contribution in [3.8, 4) is 11.5 Å². The Morgan fingerprint density at radius 1 is 0.778 bits per heavy atom. The van der Waals surface area contributed by atoms with Crippen molar-refractivity contribution < 1.29 is 18.4 Å². The topological polar surface area (TPSA) is 105 Å². The summed E-state index contributed by atoms with van der Waals surface area (Å²) in [4.78, 5) is 11.2. The Labute approximate surface area is 157 Å². The number of carbonyl (C=O) groups is 1. The summed E-state index contributed by atoms with van der Waals surface area (Å²) in [7, 11) is -3.85. The smallest absolute Gasteiger partial charge is 0.415 e. The second-order valence-corrected chi connectivity index (χ2v) is 7.78. The third-order valence-electron chi connectivity index (χ3n) is 3.83. The number of para-hydroxylation sites is 2. The Bertz CT molecular complexity index is 901. The number of amides is 1. The minimum absolute atomic E-state index is 0.328. The molecule has 1 amide bonds. The predicted molar refractivity (Wildman–Crippen MR) is 104 cm³/mol. The van der Waals surface area contributed by atoms with Crippen LogP contribution in [0.4, 0.5) is 0 Å². The fraction of sp³-hybridized carbons (Fsp3) is 0.0500. The minimum atomic E-state index is -3.85. The Hall–Kier alpha value is -3.08. The SMILES string of the molecule is NC(=O)c1ccc(C(N)P(=O)(Oc2ccccc2)Oc2ccccc2)cc1. The molecule has 1 unspecified atom stereocenters. The highest BCUT2D eigenvalue weighted by Crippen LogP contribution is 2.57. The first-order valence-corrected chi connectivity index (χ1v) is 9.83. The fourth-order valence-corrected chi connectivity index (χ4v) is 4.05. The van der Waals surface area contributed by atoms with Crippen LogP contribution in [0, 0.1) is 0 Å². The van der Waals surface area contributed by atoms with Crippen LogP contribution < -0.4 is 20.5 Å². The lowest BCUT2D eigenvalue weighted by atomic mass is 10.1. The van der Waals surface area contributed by atoms with E-state index < -0.39 is 19.3 Å². The lowest BCUT2D eigenvalue weighted by Gasteiger charge is -2.25. The van der Waals surface area contributed by atoms with Crippen molar-refractivity contribution in [2.24, 2.45) is 11.5 Å². The Morgan fingerprint density at radius 2 is 1.22 bits per heavy atom. The number of nitrogens with two attached hydrogens (primary N) is 2. The number of carbonyl (C=O) groups excluding carboxylic acids is 1. The number of benzene rings is 3. The van der Waals surface area contributed by atoms with Gasteiger partial charge in [-0.05, 0) is 42.0 Å². The van der Waals surface area contributed by atoms with Crippen molar-refractivity contribution in [3.05, 3.63) is 96.1 Å². The van der Waals surface area contributed by atoms with Gasteiger partial charge < -0.3 is 20.5 Å². The van der Waals surface area contributed by atoms with Gasteiger partial charge in [0.15, 0.2) is 5.78 Å². The molecule has 0 spiro atoms. The summed E-state index contributed by atoms with van der Waals surface area (Å²) in [5.74, 6) is -0.874. The van der Waals surface area contributed by atoms with E-state index in [2.05, 4.69) is 0 Å². The summed E-state index contributed by atoms with van der Waals surface area (Å²) in [5.41, 5.74) is 12.3. The van der Waals surface area contributed by atoms with Crippen LogP contribution in [-0.2, 0) is 4.57 Å². The van der Waals surface area contributed by atoms with Crippen LogP contribution in [-0.4, -0.2) is 5.91 Å². The van der Waals surface area contributed by atoms with Crippen LogP contribution in [0.25, 0.3) is 0 Å². The molecule has 27 heavy (non-hydrogen) atoms. The average molecular weight is 382 g/mol.